The number of carbonyl (C=O) groups excluding carboxylic acids is 1. The fraction of sp³-hybridized carbons (Fsp3) is 0.450. The molecule has 25 heavy (non-hydrogen) atoms. The van der Waals surface area contributed by atoms with Crippen molar-refractivity contribution in [1.82, 2.24) is 9.80 Å². The minimum Gasteiger partial charge on any atom is -0.341 e. The monoisotopic (exact) mass is 360 g/mol. The Balaban J connectivity index is 1.39. The second-order valence-corrected chi connectivity index (χ2v) is 7.64. The van der Waals surface area contributed by atoms with Crippen LogP contribution in [-0.4, -0.2) is 48.9 Å². The van der Waals surface area contributed by atoms with Gasteiger partial charge < -0.3 is 9.80 Å². The van der Waals surface area contributed by atoms with Gasteiger partial charge in [0.15, 0.2) is 0 Å². The Morgan fingerprint density at radius 2 is 1.96 bits per heavy atom. The molecule has 0 atom stereocenters. The van der Waals surface area contributed by atoms with Crippen molar-refractivity contribution in [1.29, 1.82) is 0 Å². The smallest absolute Gasteiger partial charge is 0.254 e. The molecule has 3 rings (SSSR count). The van der Waals surface area contributed by atoms with Crippen LogP contribution in [0.1, 0.15) is 28.8 Å². The summed E-state index contributed by atoms with van der Waals surface area (Å²) in [6.45, 7) is 4.00. The minimum atomic E-state index is -0.175. The molecule has 0 unspecified atom stereocenters. The van der Waals surface area contributed by atoms with Gasteiger partial charge >= 0.3 is 0 Å². The molecule has 0 bridgehead atoms. The van der Waals surface area contributed by atoms with Crippen LogP contribution in [0.15, 0.2) is 41.1 Å². The summed E-state index contributed by atoms with van der Waals surface area (Å²) in [5.74, 6) is 0.528. The van der Waals surface area contributed by atoms with E-state index in [9.17, 15) is 9.18 Å². The Kier molecular flexibility index (Phi) is 6.21. The molecule has 0 saturated carbocycles. The quantitative estimate of drug-likeness (QED) is 0.780. The van der Waals surface area contributed by atoms with Gasteiger partial charge in [0.2, 0.25) is 0 Å². The SMILES string of the molecule is CN(CC1CCN(CCc2ccc(F)cc2)CC1)C(=O)c1ccsc1. The lowest BCUT2D eigenvalue weighted by Gasteiger charge is -2.33. The Hall–Kier alpha value is -1.72. The molecule has 0 radical (unpaired) electrons. The molecule has 5 heteroatoms. The number of hydrogen-bond donors (Lipinski definition) is 0. The topological polar surface area (TPSA) is 23.6 Å². The Morgan fingerprint density at radius 3 is 2.60 bits per heavy atom. The number of likely N-dealkylation sites (tertiary alicyclic amines) is 1. The number of carbonyl (C=O) groups is 1. The van der Waals surface area contributed by atoms with E-state index in [1.54, 1.807) is 11.3 Å². The Labute approximate surface area is 153 Å². The number of hydrogen-bond acceptors (Lipinski definition) is 3. The normalized spacial score (nSPS) is 16.1. The predicted octanol–water partition coefficient (Wildman–Crippen LogP) is 3.91. The maximum absolute atomic E-state index is 12.9. The van der Waals surface area contributed by atoms with Crippen LogP contribution >= 0.6 is 11.3 Å². The number of halogens is 1. The molecule has 1 fully saturated rings. The van der Waals surface area contributed by atoms with E-state index in [-0.39, 0.29) is 11.7 Å². The highest BCUT2D eigenvalue weighted by atomic mass is 32.1. The van der Waals surface area contributed by atoms with Gasteiger partial charge in [-0.3, -0.25) is 4.79 Å². The van der Waals surface area contributed by atoms with Crippen molar-refractivity contribution in [3.05, 3.63) is 58.0 Å². The fourth-order valence-corrected chi connectivity index (χ4v) is 4.04. The van der Waals surface area contributed by atoms with E-state index in [1.165, 1.54) is 17.7 Å². The van der Waals surface area contributed by atoms with Crippen LogP contribution in [0.25, 0.3) is 0 Å². The molecule has 0 spiro atoms. The van der Waals surface area contributed by atoms with Gasteiger partial charge in [0, 0.05) is 25.5 Å². The molecule has 1 aliphatic rings. The number of amides is 1. The highest BCUT2D eigenvalue weighted by Crippen LogP contribution is 2.20. The molecule has 0 N–H and O–H groups in total. The third-order valence-corrected chi connectivity index (χ3v) is 5.67. The lowest BCUT2D eigenvalue weighted by atomic mass is 9.96. The largest absolute Gasteiger partial charge is 0.341 e. The molecule has 1 aromatic carbocycles. The van der Waals surface area contributed by atoms with Crippen LogP contribution in [0.5, 0.6) is 0 Å². The molecule has 1 aliphatic heterocycles. The van der Waals surface area contributed by atoms with Gasteiger partial charge in [0.1, 0.15) is 5.82 Å². The zero-order valence-corrected chi connectivity index (χ0v) is 15.5. The minimum absolute atomic E-state index is 0.125. The molecule has 1 amide bonds. The molecule has 0 aliphatic carbocycles. The zero-order valence-electron chi connectivity index (χ0n) is 14.7. The molecule has 2 heterocycles. The highest BCUT2D eigenvalue weighted by Gasteiger charge is 2.22. The number of benzene rings is 1. The first-order chi connectivity index (χ1) is 12.1. The van der Waals surface area contributed by atoms with Crippen molar-refractivity contribution in [3.63, 3.8) is 0 Å². The second kappa shape index (κ2) is 8.59. The average molecular weight is 360 g/mol. The summed E-state index contributed by atoms with van der Waals surface area (Å²) in [6.07, 6.45) is 3.22. The maximum Gasteiger partial charge on any atom is 0.254 e. The van der Waals surface area contributed by atoms with Gasteiger partial charge in [-0.1, -0.05) is 12.1 Å². The maximum atomic E-state index is 12.9. The number of nitrogens with zero attached hydrogens (tertiary/aromatic N) is 2. The molecule has 134 valence electrons. The average Bonchev–Trinajstić information content (AvgIpc) is 3.16. The summed E-state index contributed by atoms with van der Waals surface area (Å²) in [5, 5.41) is 3.86. The number of piperidine rings is 1. The van der Waals surface area contributed by atoms with Gasteiger partial charge in [-0.2, -0.15) is 11.3 Å². The summed E-state index contributed by atoms with van der Waals surface area (Å²) >= 11 is 1.56. The van der Waals surface area contributed by atoms with Gasteiger partial charge in [-0.25, -0.2) is 4.39 Å². The van der Waals surface area contributed by atoms with Gasteiger partial charge in [0.25, 0.3) is 5.91 Å². The van der Waals surface area contributed by atoms with Gasteiger partial charge in [0.05, 0.1) is 5.56 Å². The van der Waals surface area contributed by atoms with Crippen LogP contribution < -0.4 is 0 Å². The van der Waals surface area contributed by atoms with Gasteiger partial charge in [-0.05, 0) is 67.4 Å². The lowest BCUT2D eigenvalue weighted by molar-refractivity contribution is 0.0741. The summed E-state index contributed by atoms with van der Waals surface area (Å²) in [4.78, 5) is 16.7. The fourth-order valence-electron chi connectivity index (χ4n) is 3.41. The first-order valence-corrected chi connectivity index (χ1v) is 9.80. The van der Waals surface area contributed by atoms with Crippen molar-refractivity contribution in [2.45, 2.75) is 19.3 Å². The molecule has 3 nitrogen and oxygen atoms in total. The summed E-state index contributed by atoms with van der Waals surface area (Å²) < 4.78 is 12.9. The first-order valence-electron chi connectivity index (χ1n) is 8.86. The Morgan fingerprint density at radius 1 is 1.24 bits per heavy atom. The van der Waals surface area contributed by atoms with Crippen molar-refractivity contribution in [2.24, 2.45) is 5.92 Å². The molecule has 2 aromatic rings. The summed E-state index contributed by atoms with van der Waals surface area (Å²) in [6, 6.07) is 8.69. The van der Waals surface area contributed by atoms with E-state index in [4.69, 9.17) is 0 Å². The van der Waals surface area contributed by atoms with E-state index in [1.807, 2.05) is 40.9 Å². The highest BCUT2D eigenvalue weighted by molar-refractivity contribution is 7.08. The van der Waals surface area contributed by atoms with E-state index in [0.29, 0.717) is 5.92 Å². The third-order valence-electron chi connectivity index (χ3n) is 4.98. The summed E-state index contributed by atoms with van der Waals surface area (Å²) in [7, 11) is 1.90. The summed E-state index contributed by atoms with van der Waals surface area (Å²) in [5.41, 5.74) is 1.98. The number of thiophene rings is 1. The molecular formula is C20H25FN2OS. The standard InChI is InChI=1S/C20H25FN2OS/c1-22(20(24)18-9-13-25-15-18)14-17-7-11-23(12-8-17)10-6-16-2-4-19(21)5-3-16/h2-5,9,13,15,17H,6-8,10-12,14H2,1H3. The number of rotatable bonds is 6. The van der Waals surface area contributed by atoms with Crippen LogP contribution in [-0.2, 0) is 6.42 Å². The molecular weight excluding hydrogens is 335 g/mol. The first kappa shape index (κ1) is 18.1. The Bertz CT molecular complexity index is 664. The van der Waals surface area contributed by atoms with Crippen LogP contribution in [0, 0.1) is 11.7 Å². The lowest BCUT2D eigenvalue weighted by Crippen LogP contribution is -2.40. The van der Waals surface area contributed by atoms with E-state index >= 15 is 0 Å². The zero-order chi connectivity index (χ0) is 17.6. The van der Waals surface area contributed by atoms with E-state index < -0.39 is 0 Å². The van der Waals surface area contributed by atoms with Crippen molar-refractivity contribution < 1.29 is 9.18 Å². The second-order valence-electron chi connectivity index (χ2n) is 6.86. The van der Waals surface area contributed by atoms with E-state index in [0.717, 1.165) is 51.0 Å². The van der Waals surface area contributed by atoms with Crippen molar-refractivity contribution in [2.75, 3.05) is 33.2 Å². The van der Waals surface area contributed by atoms with E-state index in [2.05, 4.69) is 4.90 Å². The van der Waals surface area contributed by atoms with Crippen LogP contribution in [0.4, 0.5) is 4.39 Å². The van der Waals surface area contributed by atoms with Crippen molar-refractivity contribution >= 4 is 17.2 Å². The molecule has 1 aromatic heterocycles. The van der Waals surface area contributed by atoms with Crippen LogP contribution in [0.2, 0.25) is 0 Å². The third kappa shape index (κ3) is 5.13. The predicted molar refractivity (Wildman–Crippen MR) is 101 cm³/mol. The van der Waals surface area contributed by atoms with Gasteiger partial charge in [-0.15, -0.1) is 0 Å². The van der Waals surface area contributed by atoms with Crippen LogP contribution in [0.3, 0.4) is 0 Å². The molecule has 1 saturated heterocycles. The van der Waals surface area contributed by atoms with Crippen molar-refractivity contribution in [3.8, 4) is 0 Å².